The van der Waals surface area contributed by atoms with E-state index < -0.39 is 5.97 Å². The topological polar surface area (TPSA) is 55.8 Å². The fraction of sp³-hybridized carbons (Fsp3) is 0.130. The number of esters is 1. The molecule has 0 radical (unpaired) electrons. The summed E-state index contributed by atoms with van der Waals surface area (Å²) in [4.78, 5) is 29.2. The van der Waals surface area contributed by atoms with Crippen LogP contribution in [0, 0.1) is 6.92 Å². The van der Waals surface area contributed by atoms with Crippen LogP contribution in [0.1, 0.15) is 15.9 Å². The van der Waals surface area contributed by atoms with Gasteiger partial charge in [0, 0.05) is 9.79 Å². The molecule has 0 aromatic heterocycles. The first kappa shape index (κ1) is 19.1. The van der Waals surface area contributed by atoms with Gasteiger partial charge in [-0.15, -0.1) is 0 Å². The maximum Gasteiger partial charge on any atom is 0.342 e. The molecule has 6 heteroatoms. The highest BCUT2D eigenvalue weighted by Gasteiger charge is 2.28. The predicted octanol–water partition coefficient (Wildman–Crippen LogP) is 4.99. The van der Waals surface area contributed by atoms with Crippen molar-refractivity contribution < 1.29 is 19.1 Å². The fourth-order valence-corrected chi connectivity index (χ4v) is 4.28. The van der Waals surface area contributed by atoms with E-state index in [1.807, 2.05) is 61.5 Å². The zero-order valence-electron chi connectivity index (χ0n) is 16.0. The van der Waals surface area contributed by atoms with Crippen LogP contribution in [-0.2, 0) is 9.53 Å². The third-order valence-electron chi connectivity index (χ3n) is 4.58. The Kier molecular flexibility index (Phi) is 5.27. The van der Waals surface area contributed by atoms with Gasteiger partial charge in [0.25, 0.3) is 5.91 Å². The lowest BCUT2D eigenvalue weighted by Crippen LogP contribution is -2.32. The summed E-state index contributed by atoms with van der Waals surface area (Å²) in [5.41, 5.74) is 2.77. The molecule has 146 valence electrons. The third-order valence-corrected chi connectivity index (χ3v) is 5.71. The molecule has 1 aliphatic rings. The van der Waals surface area contributed by atoms with Gasteiger partial charge in [-0.1, -0.05) is 47.7 Å². The average molecular weight is 405 g/mol. The van der Waals surface area contributed by atoms with Crippen LogP contribution in [0.25, 0.3) is 0 Å². The van der Waals surface area contributed by atoms with Crippen molar-refractivity contribution in [3.8, 4) is 5.75 Å². The van der Waals surface area contributed by atoms with E-state index in [0.717, 1.165) is 26.7 Å². The summed E-state index contributed by atoms with van der Waals surface area (Å²) in [6.07, 6.45) is 0. The maximum absolute atomic E-state index is 13.1. The van der Waals surface area contributed by atoms with Gasteiger partial charge in [-0.25, -0.2) is 4.79 Å². The number of hydrogen-bond acceptors (Lipinski definition) is 5. The molecule has 3 aromatic rings. The molecule has 0 saturated carbocycles. The number of fused-ring (bicyclic) bond motifs is 2. The molecule has 0 N–H and O–H groups in total. The Morgan fingerprint density at radius 1 is 0.931 bits per heavy atom. The van der Waals surface area contributed by atoms with Crippen LogP contribution < -0.4 is 9.64 Å². The Morgan fingerprint density at radius 2 is 1.55 bits per heavy atom. The first-order valence-electron chi connectivity index (χ1n) is 9.09. The van der Waals surface area contributed by atoms with E-state index >= 15 is 0 Å². The summed E-state index contributed by atoms with van der Waals surface area (Å²) >= 11 is 1.61. The van der Waals surface area contributed by atoms with Gasteiger partial charge in [0.1, 0.15) is 11.3 Å². The molecule has 1 heterocycles. The molecule has 3 aromatic carbocycles. The van der Waals surface area contributed by atoms with E-state index in [-0.39, 0.29) is 12.5 Å². The fourth-order valence-electron chi connectivity index (χ4n) is 3.22. The molecule has 0 atom stereocenters. The number of anilines is 2. The van der Waals surface area contributed by atoms with Gasteiger partial charge in [-0.2, -0.15) is 0 Å². The largest absolute Gasteiger partial charge is 0.496 e. The van der Waals surface area contributed by atoms with Crippen LogP contribution in [0.15, 0.2) is 76.5 Å². The molecule has 0 aliphatic carbocycles. The second kappa shape index (κ2) is 8.01. The van der Waals surface area contributed by atoms with Gasteiger partial charge in [-0.05, 0) is 43.3 Å². The number of methoxy groups -OCH3 is 1. The summed E-state index contributed by atoms with van der Waals surface area (Å²) in [6.45, 7) is 1.50. The average Bonchev–Trinajstić information content (AvgIpc) is 2.75. The van der Waals surface area contributed by atoms with Gasteiger partial charge in [0.15, 0.2) is 6.61 Å². The Morgan fingerprint density at radius 3 is 2.17 bits per heavy atom. The Labute approximate surface area is 173 Å². The molecule has 0 spiro atoms. The van der Waals surface area contributed by atoms with Gasteiger partial charge >= 0.3 is 5.97 Å². The number of benzene rings is 3. The molecule has 1 amide bonds. The SMILES string of the molecule is COc1ccc(C)cc1C(=O)OCC(=O)N1c2ccccc2Sc2ccccc21. The molecular formula is C23H19NO4S. The van der Waals surface area contributed by atoms with E-state index in [1.54, 1.807) is 28.8 Å². The number of carbonyl (C=O) groups is 2. The lowest BCUT2D eigenvalue weighted by Gasteiger charge is -2.30. The summed E-state index contributed by atoms with van der Waals surface area (Å²) in [5, 5.41) is 0. The van der Waals surface area contributed by atoms with E-state index in [1.165, 1.54) is 7.11 Å². The van der Waals surface area contributed by atoms with Crippen LogP contribution in [0.5, 0.6) is 5.75 Å². The highest BCUT2D eigenvalue weighted by molar-refractivity contribution is 7.99. The van der Waals surface area contributed by atoms with Crippen molar-refractivity contribution in [1.29, 1.82) is 0 Å². The monoisotopic (exact) mass is 405 g/mol. The number of rotatable bonds is 4. The number of carbonyl (C=O) groups excluding carboxylic acids is 2. The molecule has 4 rings (SSSR count). The number of amides is 1. The van der Waals surface area contributed by atoms with Gasteiger partial charge in [-0.3, -0.25) is 9.69 Å². The van der Waals surface area contributed by atoms with Crippen LogP contribution in [0.4, 0.5) is 11.4 Å². The van der Waals surface area contributed by atoms with Gasteiger partial charge in [0.2, 0.25) is 0 Å². The molecular weight excluding hydrogens is 386 g/mol. The zero-order valence-corrected chi connectivity index (χ0v) is 16.9. The standard InChI is InChI=1S/C23H19NO4S/c1-15-11-12-19(27-2)16(13-15)23(26)28-14-22(25)24-17-7-3-5-9-20(17)29-21-10-6-4-8-18(21)24/h3-13H,14H2,1-2H3. The summed E-state index contributed by atoms with van der Waals surface area (Å²) < 4.78 is 10.6. The lowest BCUT2D eigenvalue weighted by atomic mass is 10.1. The van der Waals surface area contributed by atoms with Crippen molar-refractivity contribution >= 4 is 35.0 Å². The Bertz CT molecular complexity index is 1050. The summed E-state index contributed by atoms with van der Waals surface area (Å²) in [6, 6.07) is 20.6. The molecule has 0 saturated heterocycles. The Hall–Kier alpha value is -3.25. The minimum Gasteiger partial charge on any atom is -0.496 e. The van der Waals surface area contributed by atoms with Crippen molar-refractivity contribution in [1.82, 2.24) is 0 Å². The van der Waals surface area contributed by atoms with Crippen molar-refractivity contribution in [3.63, 3.8) is 0 Å². The number of aryl methyl sites for hydroxylation is 1. The zero-order chi connectivity index (χ0) is 20.4. The first-order valence-corrected chi connectivity index (χ1v) is 9.91. The normalized spacial score (nSPS) is 12.0. The first-order chi connectivity index (χ1) is 14.1. The second-order valence-corrected chi connectivity index (χ2v) is 7.63. The van der Waals surface area contributed by atoms with Gasteiger partial charge in [0.05, 0.1) is 18.5 Å². The van der Waals surface area contributed by atoms with Crippen molar-refractivity contribution in [3.05, 3.63) is 77.9 Å². The van der Waals surface area contributed by atoms with Crippen molar-refractivity contribution in [2.45, 2.75) is 16.7 Å². The van der Waals surface area contributed by atoms with Gasteiger partial charge < -0.3 is 9.47 Å². The highest BCUT2D eigenvalue weighted by Crippen LogP contribution is 2.47. The lowest BCUT2D eigenvalue weighted by molar-refractivity contribution is -0.121. The summed E-state index contributed by atoms with van der Waals surface area (Å²) in [7, 11) is 1.49. The predicted molar refractivity (Wildman–Crippen MR) is 112 cm³/mol. The maximum atomic E-state index is 13.1. The molecule has 0 fully saturated rings. The minimum atomic E-state index is -0.591. The third kappa shape index (κ3) is 3.71. The van der Waals surface area contributed by atoms with Crippen molar-refractivity contribution in [2.75, 3.05) is 18.6 Å². The van der Waals surface area contributed by atoms with Crippen LogP contribution >= 0.6 is 11.8 Å². The number of nitrogens with zero attached hydrogens (tertiary/aromatic N) is 1. The second-order valence-electron chi connectivity index (χ2n) is 6.55. The summed E-state index contributed by atoms with van der Waals surface area (Å²) in [5.74, 6) is -0.491. The Balaban J connectivity index is 1.58. The van der Waals surface area contributed by atoms with E-state index in [4.69, 9.17) is 9.47 Å². The number of para-hydroxylation sites is 2. The number of ether oxygens (including phenoxy) is 2. The smallest absolute Gasteiger partial charge is 0.342 e. The van der Waals surface area contributed by atoms with Crippen LogP contribution in [-0.4, -0.2) is 25.6 Å². The number of hydrogen-bond donors (Lipinski definition) is 0. The molecule has 29 heavy (non-hydrogen) atoms. The molecule has 0 unspecified atom stereocenters. The van der Waals surface area contributed by atoms with E-state index in [0.29, 0.717) is 11.3 Å². The molecule has 5 nitrogen and oxygen atoms in total. The van der Waals surface area contributed by atoms with Crippen LogP contribution in [0.3, 0.4) is 0 Å². The highest BCUT2D eigenvalue weighted by atomic mass is 32.2. The van der Waals surface area contributed by atoms with E-state index in [9.17, 15) is 9.59 Å². The van der Waals surface area contributed by atoms with Crippen molar-refractivity contribution in [2.24, 2.45) is 0 Å². The quantitative estimate of drug-likeness (QED) is 0.573. The minimum absolute atomic E-state index is 0.301. The van der Waals surface area contributed by atoms with Crippen LogP contribution in [0.2, 0.25) is 0 Å². The van der Waals surface area contributed by atoms with E-state index in [2.05, 4.69) is 0 Å². The molecule has 0 bridgehead atoms. The molecule has 1 aliphatic heterocycles.